The molecule has 1 aromatic heterocycles. The molecule has 2 rings (SSSR count). The molecule has 0 aliphatic carbocycles. The van der Waals surface area contributed by atoms with E-state index < -0.39 is 17.3 Å². The molecular weight excluding hydrogens is 235 g/mol. The first-order chi connectivity index (χ1) is 8.61. The number of H-pyrrole nitrogens is 1. The molecule has 0 aliphatic heterocycles. The van der Waals surface area contributed by atoms with Gasteiger partial charge in [-0.2, -0.15) is 0 Å². The van der Waals surface area contributed by atoms with E-state index >= 15 is 0 Å². The zero-order valence-corrected chi connectivity index (χ0v) is 9.29. The van der Waals surface area contributed by atoms with Crippen LogP contribution in [0.25, 0.3) is 10.8 Å². The fourth-order valence-corrected chi connectivity index (χ4v) is 1.58. The number of terminal acetylenes is 1. The van der Waals surface area contributed by atoms with Crippen molar-refractivity contribution in [3.8, 4) is 12.3 Å². The average Bonchev–Trinajstić information content (AvgIpc) is 2.36. The topological polar surface area (TPSA) is 62.0 Å². The molecule has 5 heteroatoms. The molecule has 0 radical (unpaired) electrons. The minimum atomic E-state index is -0.516. The van der Waals surface area contributed by atoms with Gasteiger partial charge in [0.25, 0.3) is 11.5 Å². The number of fused-ring (bicyclic) bond motifs is 1. The number of carbonyl (C=O) groups is 1. The van der Waals surface area contributed by atoms with E-state index in [-0.39, 0.29) is 17.6 Å². The number of pyridine rings is 1. The molecule has 0 saturated carbocycles. The number of benzene rings is 1. The zero-order chi connectivity index (χ0) is 13.1. The summed E-state index contributed by atoms with van der Waals surface area (Å²) >= 11 is 0. The number of amides is 1. The molecule has 1 heterocycles. The maximum absolute atomic E-state index is 13.0. The SMILES string of the molecule is C#CCNC(=O)c1cc2ccc(F)cc2c(=O)[nH]1. The number of hydrogen-bond acceptors (Lipinski definition) is 2. The Morgan fingerprint density at radius 3 is 2.94 bits per heavy atom. The standard InChI is InChI=1S/C13H9FN2O2/c1-2-5-15-13(18)11-6-8-3-4-9(14)7-10(8)12(17)16-11/h1,3-4,6-7H,5H2,(H,15,18)(H,16,17). The van der Waals surface area contributed by atoms with Crippen LogP contribution < -0.4 is 10.9 Å². The highest BCUT2D eigenvalue weighted by Crippen LogP contribution is 2.12. The number of aromatic amines is 1. The van der Waals surface area contributed by atoms with E-state index in [2.05, 4.69) is 16.2 Å². The molecule has 4 nitrogen and oxygen atoms in total. The second-order valence-electron chi connectivity index (χ2n) is 3.63. The van der Waals surface area contributed by atoms with E-state index in [1.807, 2.05) is 0 Å². The van der Waals surface area contributed by atoms with Crippen molar-refractivity contribution in [1.82, 2.24) is 10.3 Å². The van der Waals surface area contributed by atoms with Crippen molar-refractivity contribution < 1.29 is 9.18 Å². The Bertz CT molecular complexity index is 713. The summed E-state index contributed by atoms with van der Waals surface area (Å²) in [6, 6.07) is 5.27. The van der Waals surface area contributed by atoms with Crippen LogP contribution in [-0.2, 0) is 0 Å². The van der Waals surface area contributed by atoms with Crippen molar-refractivity contribution in [2.45, 2.75) is 0 Å². The quantitative estimate of drug-likeness (QED) is 0.775. The molecule has 1 amide bonds. The Balaban J connectivity index is 2.50. The minimum absolute atomic E-state index is 0.0717. The molecule has 18 heavy (non-hydrogen) atoms. The van der Waals surface area contributed by atoms with Crippen molar-refractivity contribution in [2.75, 3.05) is 6.54 Å². The van der Waals surface area contributed by atoms with Crippen LogP contribution in [0.2, 0.25) is 0 Å². The first kappa shape index (κ1) is 11.9. The highest BCUT2D eigenvalue weighted by Gasteiger charge is 2.09. The van der Waals surface area contributed by atoms with E-state index in [4.69, 9.17) is 6.42 Å². The molecule has 0 unspecified atom stereocenters. The molecule has 0 bridgehead atoms. The van der Waals surface area contributed by atoms with E-state index in [0.717, 1.165) is 6.07 Å². The molecular formula is C13H9FN2O2. The van der Waals surface area contributed by atoms with Gasteiger partial charge < -0.3 is 10.3 Å². The molecule has 0 aliphatic rings. The van der Waals surface area contributed by atoms with Crippen molar-refractivity contribution >= 4 is 16.7 Å². The van der Waals surface area contributed by atoms with Gasteiger partial charge in [0.2, 0.25) is 0 Å². The summed E-state index contributed by atoms with van der Waals surface area (Å²) in [6.07, 6.45) is 5.01. The van der Waals surface area contributed by atoms with Gasteiger partial charge in [-0.05, 0) is 23.6 Å². The van der Waals surface area contributed by atoms with Gasteiger partial charge in [0.05, 0.1) is 6.54 Å². The van der Waals surface area contributed by atoms with Crippen LogP contribution in [0.3, 0.4) is 0 Å². The van der Waals surface area contributed by atoms with E-state index in [1.54, 1.807) is 0 Å². The van der Waals surface area contributed by atoms with Gasteiger partial charge in [-0.15, -0.1) is 6.42 Å². The van der Waals surface area contributed by atoms with Crippen molar-refractivity contribution in [1.29, 1.82) is 0 Å². The first-order valence-electron chi connectivity index (χ1n) is 5.16. The predicted molar refractivity (Wildman–Crippen MR) is 65.7 cm³/mol. The van der Waals surface area contributed by atoms with E-state index in [0.29, 0.717) is 5.39 Å². The third kappa shape index (κ3) is 2.23. The Morgan fingerprint density at radius 1 is 1.44 bits per heavy atom. The van der Waals surface area contributed by atoms with Gasteiger partial charge in [-0.3, -0.25) is 9.59 Å². The average molecular weight is 244 g/mol. The van der Waals surface area contributed by atoms with Crippen LogP contribution >= 0.6 is 0 Å². The maximum Gasteiger partial charge on any atom is 0.268 e. The van der Waals surface area contributed by atoms with Gasteiger partial charge in [0.1, 0.15) is 11.5 Å². The maximum atomic E-state index is 13.0. The Kier molecular flexibility index (Phi) is 3.11. The number of nitrogens with one attached hydrogen (secondary N) is 2. The fraction of sp³-hybridized carbons (Fsp3) is 0.0769. The monoisotopic (exact) mass is 244 g/mol. The summed E-state index contributed by atoms with van der Waals surface area (Å²) in [5.74, 6) is 1.28. The molecule has 0 spiro atoms. The number of halogens is 1. The molecule has 0 atom stereocenters. The van der Waals surface area contributed by atoms with E-state index in [9.17, 15) is 14.0 Å². The highest BCUT2D eigenvalue weighted by atomic mass is 19.1. The smallest absolute Gasteiger partial charge is 0.268 e. The normalized spacial score (nSPS) is 10.0. The summed E-state index contributed by atoms with van der Waals surface area (Å²) < 4.78 is 13.0. The van der Waals surface area contributed by atoms with Crippen LogP contribution in [0.15, 0.2) is 29.1 Å². The van der Waals surface area contributed by atoms with Crippen LogP contribution in [0.4, 0.5) is 4.39 Å². The molecule has 2 aromatic rings. The van der Waals surface area contributed by atoms with Gasteiger partial charge in [-0.1, -0.05) is 12.0 Å². The summed E-state index contributed by atoms with van der Waals surface area (Å²) in [5, 5.41) is 3.12. The van der Waals surface area contributed by atoms with Crippen LogP contribution in [-0.4, -0.2) is 17.4 Å². The summed E-state index contributed by atoms with van der Waals surface area (Å²) in [4.78, 5) is 25.7. The lowest BCUT2D eigenvalue weighted by Crippen LogP contribution is -2.26. The summed E-state index contributed by atoms with van der Waals surface area (Å²) in [6.45, 7) is 0.0717. The second kappa shape index (κ2) is 4.72. The van der Waals surface area contributed by atoms with Gasteiger partial charge in [0, 0.05) is 5.39 Å². The van der Waals surface area contributed by atoms with Gasteiger partial charge in [-0.25, -0.2) is 4.39 Å². The molecule has 1 aromatic carbocycles. The van der Waals surface area contributed by atoms with Gasteiger partial charge >= 0.3 is 0 Å². The lowest BCUT2D eigenvalue weighted by atomic mass is 10.1. The lowest BCUT2D eigenvalue weighted by Gasteiger charge is -2.03. The van der Waals surface area contributed by atoms with Crippen molar-refractivity contribution in [2.24, 2.45) is 0 Å². The van der Waals surface area contributed by atoms with Gasteiger partial charge in [0.15, 0.2) is 0 Å². The van der Waals surface area contributed by atoms with Crippen molar-refractivity contribution in [3.63, 3.8) is 0 Å². The second-order valence-corrected chi connectivity index (χ2v) is 3.63. The number of hydrogen-bond donors (Lipinski definition) is 2. The molecule has 0 saturated heterocycles. The number of rotatable bonds is 2. The van der Waals surface area contributed by atoms with Crippen molar-refractivity contribution in [3.05, 3.63) is 46.1 Å². The Morgan fingerprint density at radius 2 is 2.22 bits per heavy atom. The third-order valence-corrected chi connectivity index (χ3v) is 2.40. The minimum Gasteiger partial charge on any atom is -0.340 e. The summed E-state index contributed by atoms with van der Waals surface area (Å²) in [7, 11) is 0. The Labute approximate surface area is 102 Å². The number of aromatic nitrogens is 1. The zero-order valence-electron chi connectivity index (χ0n) is 9.29. The summed E-state index contributed by atoms with van der Waals surface area (Å²) in [5.41, 5.74) is -0.424. The van der Waals surface area contributed by atoms with Crippen LogP contribution in [0.1, 0.15) is 10.5 Å². The lowest BCUT2D eigenvalue weighted by molar-refractivity contribution is 0.0953. The Hall–Kier alpha value is -2.61. The van der Waals surface area contributed by atoms with Crippen LogP contribution in [0.5, 0.6) is 0 Å². The molecule has 0 fully saturated rings. The predicted octanol–water partition coefficient (Wildman–Crippen LogP) is 1.03. The molecule has 90 valence electrons. The first-order valence-corrected chi connectivity index (χ1v) is 5.16. The largest absolute Gasteiger partial charge is 0.340 e. The van der Waals surface area contributed by atoms with E-state index in [1.165, 1.54) is 18.2 Å². The fourth-order valence-electron chi connectivity index (χ4n) is 1.58. The third-order valence-electron chi connectivity index (χ3n) is 2.40. The number of carbonyl (C=O) groups excluding carboxylic acids is 1. The molecule has 2 N–H and O–H groups in total. The van der Waals surface area contributed by atoms with Crippen LogP contribution in [0, 0.1) is 18.2 Å². The highest BCUT2D eigenvalue weighted by molar-refractivity contribution is 5.96.